The first-order valence-corrected chi connectivity index (χ1v) is 7.51. The minimum absolute atomic E-state index is 0.0265. The molecule has 3 heteroatoms. The van der Waals surface area contributed by atoms with Crippen molar-refractivity contribution in [3.63, 3.8) is 0 Å². The summed E-state index contributed by atoms with van der Waals surface area (Å²) in [7, 11) is 0. The molecule has 1 atom stereocenters. The first kappa shape index (κ1) is 16.1. The topological polar surface area (TPSA) is 38.3 Å². The van der Waals surface area contributed by atoms with Crippen LogP contribution in [0.25, 0.3) is 0 Å². The quantitative estimate of drug-likeness (QED) is 0.910. The van der Waals surface area contributed by atoms with Gasteiger partial charge >= 0.3 is 0 Å². The van der Waals surface area contributed by atoms with E-state index in [4.69, 9.17) is 4.74 Å². The third kappa shape index (κ3) is 4.35. The van der Waals surface area contributed by atoms with Crippen LogP contribution in [-0.4, -0.2) is 12.5 Å². The average Bonchev–Trinajstić information content (AvgIpc) is 2.49. The van der Waals surface area contributed by atoms with Crippen LogP contribution in [0.4, 0.5) is 0 Å². The van der Waals surface area contributed by atoms with Gasteiger partial charge in [-0.15, -0.1) is 0 Å². The molecule has 0 bridgehead atoms. The van der Waals surface area contributed by atoms with E-state index in [1.165, 1.54) is 11.1 Å². The van der Waals surface area contributed by atoms with Crippen molar-refractivity contribution in [1.29, 1.82) is 0 Å². The van der Waals surface area contributed by atoms with E-state index in [1.54, 1.807) is 0 Å². The van der Waals surface area contributed by atoms with E-state index in [1.807, 2.05) is 63.2 Å². The lowest BCUT2D eigenvalue weighted by Gasteiger charge is -2.15. The van der Waals surface area contributed by atoms with Crippen LogP contribution in [0, 0.1) is 20.8 Å². The maximum absolute atomic E-state index is 12.0. The van der Waals surface area contributed by atoms with Crippen molar-refractivity contribution in [3.8, 4) is 5.75 Å². The molecule has 1 amide bonds. The van der Waals surface area contributed by atoms with E-state index in [-0.39, 0.29) is 18.6 Å². The van der Waals surface area contributed by atoms with Crippen molar-refractivity contribution in [2.45, 2.75) is 33.7 Å². The Morgan fingerprint density at radius 1 is 1.05 bits per heavy atom. The van der Waals surface area contributed by atoms with Gasteiger partial charge in [-0.3, -0.25) is 4.79 Å². The van der Waals surface area contributed by atoms with Gasteiger partial charge in [0.1, 0.15) is 5.75 Å². The van der Waals surface area contributed by atoms with Crippen molar-refractivity contribution in [2.24, 2.45) is 0 Å². The molecular weight excluding hydrogens is 274 g/mol. The molecule has 0 aliphatic carbocycles. The molecule has 0 saturated carbocycles. The maximum atomic E-state index is 12.0. The van der Waals surface area contributed by atoms with Crippen LogP contribution in [0.3, 0.4) is 0 Å². The Bertz CT molecular complexity index is 647. The highest BCUT2D eigenvalue weighted by atomic mass is 16.5. The summed E-state index contributed by atoms with van der Waals surface area (Å²) in [6.45, 7) is 8.12. The number of carbonyl (C=O) groups is 1. The van der Waals surface area contributed by atoms with Gasteiger partial charge in [-0.05, 0) is 56.5 Å². The number of benzene rings is 2. The molecule has 2 aromatic rings. The lowest BCUT2D eigenvalue weighted by atomic mass is 10.1. The third-order valence-electron chi connectivity index (χ3n) is 3.80. The molecule has 0 aromatic heterocycles. The molecule has 0 radical (unpaired) electrons. The number of aryl methyl sites for hydroxylation is 3. The molecule has 0 fully saturated rings. The van der Waals surface area contributed by atoms with Crippen molar-refractivity contribution < 1.29 is 9.53 Å². The Labute approximate surface area is 132 Å². The summed E-state index contributed by atoms with van der Waals surface area (Å²) in [5.74, 6) is 0.604. The predicted molar refractivity (Wildman–Crippen MR) is 89.1 cm³/mol. The highest BCUT2D eigenvalue weighted by Crippen LogP contribution is 2.16. The Balaban J connectivity index is 1.87. The normalized spacial score (nSPS) is 11.8. The maximum Gasteiger partial charge on any atom is 0.258 e. The number of hydrogen-bond donors (Lipinski definition) is 1. The summed E-state index contributed by atoms with van der Waals surface area (Å²) in [6, 6.07) is 14.0. The largest absolute Gasteiger partial charge is 0.484 e. The van der Waals surface area contributed by atoms with Gasteiger partial charge in [0.05, 0.1) is 6.04 Å². The number of nitrogens with one attached hydrogen (secondary N) is 1. The van der Waals surface area contributed by atoms with Crippen molar-refractivity contribution in [3.05, 3.63) is 64.7 Å². The van der Waals surface area contributed by atoms with Gasteiger partial charge in [0.15, 0.2) is 6.61 Å². The van der Waals surface area contributed by atoms with Crippen LogP contribution in [0.5, 0.6) is 5.75 Å². The van der Waals surface area contributed by atoms with Crippen molar-refractivity contribution in [2.75, 3.05) is 6.61 Å². The van der Waals surface area contributed by atoms with Gasteiger partial charge in [0, 0.05) is 0 Å². The highest BCUT2D eigenvalue weighted by Gasteiger charge is 2.10. The summed E-state index contributed by atoms with van der Waals surface area (Å²) < 4.78 is 5.55. The second-order valence-corrected chi connectivity index (χ2v) is 5.73. The lowest BCUT2D eigenvalue weighted by Crippen LogP contribution is -2.31. The Morgan fingerprint density at radius 2 is 1.73 bits per heavy atom. The van der Waals surface area contributed by atoms with Gasteiger partial charge in [0.2, 0.25) is 0 Å². The Kier molecular flexibility index (Phi) is 5.21. The summed E-state index contributed by atoms with van der Waals surface area (Å²) in [4.78, 5) is 12.0. The number of amides is 1. The summed E-state index contributed by atoms with van der Waals surface area (Å²) in [5, 5.41) is 2.95. The van der Waals surface area contributed by atoms with E-state index < -0.39 is 0 Å². The predicted octanol–water partition coefficient (Wildman–Crippen LogP) is 3.87. The molecule has 0 aliphatic rings. The highest BCUT2D eigenvalue weighted by molar-refractivity contribution is 5.78. The lowest BCUT2D eigenvalue weighted by molar-refractivity contribution is -0.123. The molecule has 1 N–H and O–H groups in total. The molecule has 2 aromatic carbocycles. The summed E-state index contributed by atoms with van der Waals surface area (Å²) in [6.07, 6.45) is 0. The molecule has 2 rings (SSSR count). The summed E-state index contributed by atoms with van der Waals surface area (Å²) in [5.41, 5.74) is 4.67. The molecule has 1 unspecified atom stereocenters. The molecule has 0 heterocycles. The van der Waals surface area contributed by atoms with E-state index in [0.29, 0.717) is 0 Å². The zero-order valence-electron chi connectivity index (χ0n) is 13.6. The molecule has 0 saturated heterocycles. The minimum Gasteiger partial charge on any atom is -0.484 e. The molecule has 0 aliphatic heterocycles. The van der Waals surface area contributed by atoms with Gasteiger partial charge in [-0.2, -0.15) is 0 Å². The molecule has 116 valence electrons. The van der Waals surface area contributed by atoms with Crippen molar-refractivity contribution >= 4 is 5.91 Å². The van der Waals surface area contributed by atoms with Crippen LogP contribution >= 0.6 is 0 Å². The zero-order valence-corrected chi connectivity index (χ0v) is 13.6. The van der Waals surface area contributed by atoms with E-state index in [2.05, 4.69) is 12.2 Å². The zero-order chi connectivity index (χ0) is 16.1. The van der Waals surface area contributed by atoms with E-state index >= 15 is 0 Å². The average molecular weight is 297 g/mol. The van der Waals surface area contributed by atoms with Gasteiger partial charge < -0.3 is 10.1 Å². The van der Waals surface area contributed by atoms with Crippen LogP contribution < -0.4 is 10.1 Å². The Morgan fingerprint density at radius 3 is 2.36 bits per heavy atom. The molecule has 0 spiro atoms. The first-order chi connectivity index (χ1) is 10.5. The second kappa shape index (κ2) is 7.12. The fourth-order valence-electron chi connectivity index (χ4n) is 2.17. The van der Waals surface area contributed by atoms with Gasteiger partial charge in [-0.1, -0.05) is 35.9 Å². The van der Waals surface area contributed by atoms with Gasteiger partial charge in [0.25, 0.3) is 5.91 Å². The van der Waals surface area contributed by atoms with Crippen LogP contribution in [0.15, 0.2) is 42.5 Å². The third-order valence-corrected chi connectivity index (χ3v) is 3.80. The fraction of sp³-hybridized carbons (Fsp3) is 0.316. The monoisotopic (exact) mass is 297 g/mol. The molecule has 22 heavy (non-hydrogen) atoms. The number of rotatable bonds is 5. The minimum atomic E-state index is -0.119. The van der Waals surface area contributed by atoms with Crippen LogP contribution in [-0.2, 0) is 4.79 Å². The van der Waals surface area contributed by atoms with E-state index in [0.717, 1.165) is 16.9 Å². The number of ether oxygens (including phenoxy) is 1. The second-order valence-electron chi connectivity index (χ2n) is 5.73. The first-order valence-electron chi connectivity index (χ1n) is 7.51. The van der Waals surface area contributed by atoms with Crippen molar-refractivity contribution in [1.82, 2.24) is 5.32 Å². The summed E-state index contributed by atoms with van der Waals surface area (Å²) >= 11 is 0. The number of hydrogen-bond acceptors (Lipinski definition) is 2. The van der Waals surface area contributed by atoms with Crippen LogP contribution in [0.2, 0.25) is 0 Å². The van der Waals surface area contributed by atoms with Gasteiger partial charge in [-0.25, -0.2) is 0 Å². The standard InChI is InChI=1S/C19H23NO2/c1-13-5-8-17(9-6-13)16(4)20-19(21)12-22-18-10-7-14(2)15(3)11-18/h5-11,16H,12H2,1-4H3,(H,20,21). The Hall–Kier alpha value is -2.29. The number of carbonyl (C=O) groups excluding carboxylic acids is 1. The fourth-order valence-corrected chi connectivity index (χ4v) is 2.17. The molecule has 3 nitrogen and oxygen atoms in total. The van der Waals surface area contributed by atoms with E-state index in [9.17, 15) is 4.79 Å². The smallest absolute Gasteiger partial charge is 0.258 e. The molecular formula is C19H23NO2. The SMILES string of the molecule is Cc1ccc(C(C)NC(=O)COc2ccc(C)c(C)c2)cc1. The van der Waals surface area contributed by atoms with Crippen LogP contribution in [0.1, 0.15) is 35.2 Å².